The van der Waals surface area contributed by atoms with Gasteiger partial charge in [0.15, 0.2) is 0 Å². The van der Waals surface area contributed by atoms with E-state index < -0.39 is 5.97 Å². The van der Waals surface area contributed by atoms with Crippen LogP contribution in [0.4, 0.5) is 4.79 Å². The lowest BCUT2D eigenvalue weighted by Gasteiger charge is -2.29. The SMILES string of the molecule is Cc1oc(-c2ccc3ccccc3c2)nc1CCCOC(=O)N1CCC(C(=O)O)CC1. The van der Waals surface area contributed by atoms with E-state index >= 15 is 0 Å². The van der Waals surface area contributed by atoms with Gasteiger partial charge < -0.3 is 19.2 Å². The summed E-state index contributed by atoms with van der Waals surface area (Å²) in [6, 6.07) is 14.3. The van der Waals surface area contributed by atoms with E-state index in [0.717, 1.165) is 22.4 Å². The lowest BCUT2D eigenvalue weighted by atomic mass is 9.97. The van der Waals surface area contributed by atoms with Crippen molar-refractivity contribution in [3.63, 3.8) is 0 Å². The smallest absolute Gasteiger partial charge is 0.409 e. The molecule has 1 aliphatic heterocycles. The van der Waals surface area contributed by atoms with Gasteiger partial charge in [-0.2, -0.15) is 0 Å². The second-order valence-electron chi connectivity index (χ2n) is 7.90. The molecule has 1 saturated heterocycles. The molecule has 0 radical (unpaired) electrons. The number of fused-ring (bicyclic) bond motifs is 1. The number of ether oxygens (including phenoxy) is 1. The molecule has 2 aromatic carbocycles. The molecular weight excluding hydrogens is 396 g/mol. The summed E-state index contributed by atoms with van der Waals surface area (Å²) in [5.41, 5.74) is 1.80. The number of oxazole rings is 1. The first-order valence-corrected chi connectivity index (χ1v) is 10.6. The van der Waals surface area contributed by atoms with Crippen LogP contribution in [0.5, 0.6) is 0 Å². The molecule has 0 atom stereocenters. The Kier molecular flexibility index (Phi) is 6.21. The Bertz CT molecular complexity index is 1080. The van der Waals surface area contributed by atoms with Gasteiger partial charge in [0, 0.05) is 18.7 Å². The first-order valence-electron chi connectivity index (χ1n) is 10.6. The summed E-state index contributed by atoms with van der Waals surface area (Å²) in [7, 11) is 0. The maximum atomic E-state index is 12.2. The standard InChI is InChI=1S/C24H26N2O5/c1-16-21(7-4-14-30-24(29)26-12-10-18(11-13-26)23(27)28)25-22(31-16)20-9-8-17-5-2-3-6-19(17)15-20/h2-3,5-6,8-9,15,18H,4,7,10-14H2,1H3,(H,27,28). The van der Waals surface area contributed by atoms with Gasteiger partial charge >= 0.3 is 12.1 Å². The Morgan fingerprint density at radius 2 is 1.90 bits per heavy atom. The topological polar surface area (TPSA) is 92.9 Å². The molecule has 1 aliphatic rings. The minimum absolute atomic E-state index is 0.287. The van der Waals surface area contributed by atoms with Crippen molar-refractivity contribution in [2.75, 3.05) is 19.7 Å². The maximum absolute atomic E-state index is 12.2. The molecule has 0 unspecified atom stereocenters. The first-order chi connectivity index (χ1) is 15.0. The van der Waals surface area contributed by atoms with Gasteiger partial charge in [0.25, 0.3) is 0 Å². The maximum Gasteiger partial charge on any atom is 0.409 e. The van der Waals surface area contributed by atoms with Crippen molar-refractivity contribution in [3.8, 4) is 11.5 Å². The molecule has 0 saturated carbocycles. The van der Waals surface area contributed by atoms with Gasteiger partial charge in [-0.25, -0.2) is 9.78 Å². The van der Waals surface area contributed by atoms with Crippen LogP contribution in [0.25, 0.3) is 22.2 Å². The average Bonchev–Trinajstić information content (AvgIpc) is 3.16. The summed E-state index contributed by atoms with van der Waals surface area (Å²) in [6.45, 7) is 3.03. The zero-order valence-electron chi connectivity index (χ0n) is 17.5. The van der Waals surface area contributed by atoms with Crippen LogP contribution in [0.1, 0.15) is 30.7 Å². The van der Waals surface area contributed by atoms with Crippen LogP contribution in [0.2, 0.25) is 0 Å². The van der Waals surface area contributed by atoms with Gasteiger partial charge in [-0.15, -0.1) is 0 Å². The van der Waals surface area contributed by atoms with Gasteiger partial charge in [0.1, 0.15) is 5.76 Å². The van der Waals surface area contributed by atoms with Crippen LogP contribution in [0.3, 0.4) is 0 Å². The molecule has 7 heteroatoms. The number of carbonyl (C=O) groups is 2. The number of rotatable bonds is 6. The van der Waals surface area contributed by atoms with Crippen LogP contribution in [0.15, 0.2) is 46.9 Å². The second-order valence-corrected chi connectivity index (χ2v) is 7.90. The van der Waals surface area contributed by atoms with Crippen LogP contribution in [-0.2, 0) is 16.0 Å². The number of piperidine rings is 1. The van der Waals surface area contributed by atoms with Crippen LogP contribution >= 0.6 is 0 Å². The van der Waals surface area contributed by atoms with Gasteiger partial charge in [0.2, 0.25) is 5.89 Å². The number of hydrogen-bond acceptors (Lipinski definition) is 5. The third kappa shape index (κ3) is 4.87. The summed E-state index contributed by atoms with van der Waals surface area (Å²) in [5, 5.41) is 11.3. The fourth-order valence-electron chi connectivity index (χ4n) is 3.91. The van der Waals surface area contributed by atoms with Crippen LogP contribution < -0.4 is 0 Å². The van der Waals surface area contributed by atoms with Crippen molar-refractivity contribution in [2.45, 2.75) is 32.6 Å². The Labute approximate surface area is 180 Å². The zero-order chi connectivity index (χ0) is 21.8. The molecule has 0 aliphatic carbocycles. The van der Waals surface area contributed by atoms with E-state index in [1.807, 2.05) is 25.1 Å². The lowest BCUT2D eigenvalue weighted by Crippen LogP contribution is -2.40. The predicted octanol–water partition coefficient (Wildman–Crippen LogP) is 4.67. The minimum atomic E-state index is -0.793. The number of nitrogens with zero attached hydrogens (tertiary/aromatic N) is 2. The van der Waals surface area contributed by atoms with Crippen molar-refractivity contribution < 1.29 is 23.8 Å². The number of aromatic nitrogens is 1. The Morgan fingerprint density at radius 1 is 1.16 bits per heavy atom. The van der Waals surface area contributed by atoms with Gasteiger partial charge in [-0.3, -0.25) is 4.79 Å². The number of aliphatic carboxylic acids is 1. The number of carbonyl (C=O) groups excluding carboxylic acids is 1. The largest absolute Gasteiger partial charge is 0.481 e. The summed E-state index contributed by atoms with van der Waals surface area (Å²) >= 11 is 0. The Morgan fingerprint density at radius 3 is 2.65 bits per heavy atom. The number of amides is 1. The highest BCUT2D eigenvalue weighted by Crippen LogP contribution is 2.26. The number of hydrogen-bond donors (Lipinski definition) is 1. The van der Waals surface area contributed by atoms with E-state index in [1.54, 1.807) is 4.90 Å². The molecule has 0 spiro atoms. The number of carboxylic acids is 1. The summed E-state index contributed by atoms with van der Waals surface area (Å²) in [4.78, 5) is 29.4. The van der Waals surface area contributed by atoms with Crippen LogP contribution in [0, 0.1) is 12.8 Å². The lowest BCUT2D eigenvalue weighted by molar-refractivity contribution is -0.143. The van der Waals surface area contributed by atoms with Crippen molar-refractivity contribution in [3.05, 3.63) is 53.9 Å². The molecule has 31 heavy (non-hydrogen) atoms. The van der Waals surface area contributed by atoms with E-state index in [1.165, 1.54) is 5.39 Å². The van der Waals surface area contributed by atoms with Crippen molar-refractivity contribution >= 4 is 22.8 Å². The highest BCUT2D eigenvalue weighted by Gasteiger charge is 2.27. The third-order valence-electron chi connectivity index (χ3n) is 5.77. The van der Waals surface area contributed by atoms with E-state index in [4.69, 9.17) is 14.3 Å². The third-order valence-corrected chi connectivity index (χ3v) is 5.77. The highest BCUT2D eigenvalue weighted by molar-refractivity contribution is 5.86. The predicted molar refractivity (Wildman–Crippen MR) is 116 cm³/mol. The van der Waals surface area contributed by atoms with Crippen molar-refractivity contribution in [1.82, 2.24) is 9.88 Å². The normalized spacial score (nSPS) is 14.7. The number of likely N-dealkylation sites (tertiary alicyclic amines) is 1. The highest BCUT2D eigenvalue weighted by atomic mass is 16.6. The van der Waals surface area contributed by atoms with Gasteiger partial charge in [0.05, 0.1) is 18.2 Å². The van der Waals surface area contributed by atoms with E-state index in [0.29, 0.717) is 44.7 Å². The Hall–Kier alpha value is -3.35. The molecule has 1 fully saturated rings. The van der Waals surface area contributed by atoms with Gasteiger partial charge in [-0.05, 0) is 55.5 Å². The van der Waals surface area contributed by atoms with Crippen molar-refractivity contribution in [1.29, 1.82) is 0 Å². The van der Waals surface area contributed by atoms with Crippen LogP contribution in [-0.4, -0.2) is 46.7 Å². The fraction of sp³-hybridized carbons (Fsp3) is 0.375. The average molecular weight is 422 g/mol. The molecule has 4 rings (SSSR count). The zero-order valence-corrected chi connectivity index (χ0v) is 17.5. The quantitative estimate of drug-likeness (QED) is 0.581. The summed E-state index contributed by atoms with van der Waals surface area (Å²) < 4.78 is 11.2. The summed E-state index contributed by atoms with van der Waals surface area (Å²) in [5.74, 6) is 0.205. The van der Waals surface area contributed by atoms with E-state index in [9.17, 15) is 9.59 Å². The first kappa shape index (κ1) is 20.9. The second kappa shape index (κ2) is 9.20. The number of aryl methyl sites for hydroxylation is 2. The molecule has 3 aromatic rings. The molecule has 162 valence electrons. The number of carboxylic acid groups (broad SMARTS) is 1. The molecule has 0 bridgehead atoms. The minimum Gasteiger partial charge on any atom is -0.481 e. The van der Waals surface area contributed by atoms with Gasteiger partial charge in [-0.1, -0.05) is 30.3 Å². The summed E-state index contributed by atoms with van der Waals surface area (Å²) in [6.07, 6.45) is 1.86. The fourth-order valence-corrected chi connectivity index (χ4v) is 3.91. The molecule has 1 amide bonds. The van der Waals surface area contributed by atoms with E-state index in [2.05, 4.69) is 29.2 Å². The molecular formula is C24H26N2O5. The number of benzene rings is 2. The molecule has 7 nitrogen and oxygen atoms in total. The monoisotopic (exact) mass is 422 g/mol. The molecule has 1 N–H and O–H groups in total. The van der Waals surface area contributed by atoms with Crippen molar-refractivity contribution in [2.24, 2.45) is 5.92 Å². The Balaban J connectivity index is 1.28. The van der Waals surface area contributed by atoms with E-state index in [-0.39, 0.29) is 18.6 Å². The molecule has 1 aromatic heterocycles. The molecule has 2 heterocycles.